The molecule has 3 aliphatic heterocycles. The molecule has 5 aliphatic carbocycles. The first-order valence-electron chi connectivity index (χ1n) is 16.0. The molecule has 3 heterocycles. The number of esters is 3. The fraction of sp³-hybridized carbons (Fsp3) is 0.875. The molecule has 8 aliphatic rings. The lowest BCUT2D eigenvalue weighted by atomic mass is 9.41. The van der Waals surface area contributed by atoms with E-state index < -0.39 is 105 Å². The highest BCUT2D eigenvalue weighted by Crippen LogP contribution is 2.78. The van der Waals surface area contributed by atoms with Crippen LogP contribution >= 0.6 is 0 Å². The van der Waals surface area contributed by atoms with Crippen molar-refractivity contribution in [3.63, 3.8) is 0 Å². The highest BCUT2D eigenvalue weighted by atomic mass is 16.6. The van der Waals surface area contributed by atoms with Crippen molar-refractivity contribution in [1.29, 1.82) is 0 Å². The van der Waals surface area contributed by atoms with Crippen LogP contribution in [0.2, 0.25) is 0 Å². The van der Waals surface area contributed by atoms with Gasteiger partial charge >= 0.3 is 17.9 Å². The molecule has 0 radical (unpaired) electrons. The molecule has 4 N–H and O–H groups in total. The van der Waals surface area contributed by atoms with Crippen molar-refractivity contribution in [1.82, 2.24) is 5.32 Å². The van der Waals surface area contributed by atoms with E-state index in [0.29, 0.717) is 12.8 Å². The lowest BCUT2D eigenvalue weighted by Crippen LogP contribution is -2.72. The number of carbonyl (C=O) groups excluding carboxylic acids is 4. The Morgan fingerprint density at radius 2 is 1.61 bits per heavy atom. The molecule has 3 saturated heterocycles. The number of hydrogen-bond donors (Lipinski definition) is 4. The van der Waals surface area contributed by atoms with E-state index in [1.54, 1.807) is 6.92 Å². The molecule has 12 nitrogen and oxygen atoms in total. The first kappa shape index (κ1) is 29.3. The van der Waals surface area contributed by atoms with Gasteiger partial charge in [-0.2, -0.15) is 0 Å². The number of carbonyl (C=O) groups is 4. The summed E-state index contributed by atoms with van der Waals surface area (Å²) in [4.78, 5) is 53.0. The second kappa shape index (κ2) is 8.23. The zero-order chi connectivity index (χ0) is 31.8. The lowest BCUT2D eigenvalue weighted by molar-refractivity contribution is -0.260. The second-order valence-corrected chi connectivity index (χ2v) is 16.1. The number of ether oxygens (including phenoxy) is 4. The average molecular weight is 618 g/mol. The van der Waals surface area contributed by atoms with Crippen LogP contribution in [0.1, 0.15) is 61.3 Å². The molecule has 8 fully saturated rings. The Bertz CT molecular complexity index is 1400. The summed E-state index contributed by atoms with van der Waals surface area (Å²) in [5, 5.41) is 39.8. The van der Waals surface area contributed by atoms with Crippen LogP contribution in [0.5, 0.6) is 0 Å². The van der Waals surface area contributed by atoms with Gasteiger partial charge in [-0.15, -0.1) is 0 Å². The molecule has 44 heavy (non-hydrogen) atoms. The summed E-state index contributed by atoms with van der Waals surface area (Å²) in [5.41, 5.74) is -6.43. The molecule has 2 unspecified atom stereocenters. The summed E-state index contributed by atoms with van der Waals surface area (Å²) < 4.78 is 24.1. The Labute approximate surface area is 255 Å². The minimum Gasteiger partial charge on any atom is -0.458 e. The topological polar surface area (TPSA) is 191 Å². The van der Waals surface area contributed by atoms with Crippen molar-refractivity contribution in [2.75, 3.05) is 0 Å². The highest BCUT2D eigenvalue weighted by molar-refractivity contribution is 5.88. The molecule has 0 aromatic rings. The highest BCUT2D eigenvalue weighted by Gasteiger charge is 2.91. The third-order valence-electron chi connectivity index (χ3n) is 14.5. The van der Waals surface area contributed by atoms with Crippen molar-refractivity contribution < 1.29 is 53.4 Å². The molecule has 8 rings (SSSR count). The quantitative estimate of drug-likeness (QED) is 0.186. The van der Waals surface area contributed by atoms with Crippen LogP contribution in [-0.2, 0) is 38.1 Å². The largest absolute Gasteiger partial charge is 0.458 e. The average Bonchev–Trinajstić information content (AvgIpc) is 3.82. The van der Waals surface area contributed by atoms with E-state index in [1.165, 1.54) is 20.8 Å². The molecule has 0 amide bonds. The van der Waals surface area contributed by atoms with E-state index in [9.17, 15) is 34.5 Å². The molecule has 242 valence electrons. The van der Waals surface area contributed by atoms with E-state index in [2.05, 4.69) is 5.32 Å². The lowest BCUT2D eigenvalue weighted by Gasteiger charge is -2.64. The van der Waals surface area contributed by atoms with Crippen molar-refractivity contribution >= 4 is 23.7 Å². The summed E-state index contributed by atoms with van der Waals surface area (Å²) >= 11 is 0. The van der Waals surface area contributed by atoms with E-state index in [-0.39, 0.29) is 30.0 Å². The van der Waals surface area contributed by atoms with E-state index in [0.717, 1.165) is 0 Å². The van der Waals surface area contributed by atoms with Crippen LogP contribution in [0.25, 0.3) is 0 Å². The number of rotatable bonds is 2. The molecule has 0 bridgehead atoms. The SMILES string of the molecule is CC(=O)O[C@H]1C2C([C@@H]3[C@@H](O)[C@@H]4[C@H]([C@H](C)[C@H]5N[C@]56OC(=O)[C@@](C)(O)[C@]46C)[C@@]3(C)[C@H]1OC(C)=O)[C@@H](O)C(=O)[C@H]1C[C@@H]3O[C@@H]3C[C@]21C. The Hall–Kier alpha value is -2.12. The number of Topliss-reactive ketones (excluding diaryl/α,β-unsaturated/α-hetero) is 1. The molecule has 0 aromatic heterocycles. The number of hydrogen-bond acceptors (Lipinski definition) is 12. The van der Waals surface area contributed by atoms with Crippen molar-refractivity contribution in [3.05, 3.63) is 0 Å². The predicted molar refractivity (Wildman–Crippen MR) is 147 cm³/mol. The zero-order valence-electron chi connectivity index (χ0n) is 26.1. The van der Waals surface area contributed by atoms with Crippen LogP contribution in [0.3, 0.4) is 0 Å². The van der Waals surface area contributed by atoms with Gasteiger partial charge in [0.05, 0.1) is 29.8 Å². The first-order valence-corrected chi connectivity index (χ1v) is 16.0. The Balaban J connectivity index is 1.37. The molecule has 19 atom stereocenters. The second-order valence-electron chi connectivity index (χ2n) is 16.1. The maximum Gasteiger partial charge on any atom is 0.340 e. The standard InChI is InChI=1S/C32H43NO11/c1-10-17-20(30(6)31(7,40)27(39)44-32(30)25(10)33-32)23(38)18-16-19(24(41-11(2)34)26(29(17,18)5)42-12(3)35)28(4)9-15-14(43-15)8-13(28)21(36)22(16)37/h10,13-20,22-26,33,37-38,40H,8-9H2,1-7H3/t10-,13+,14-,15+,16?,17-,18+,19?,20-,22+,23+,24-,25+,26-,28-,29+,30-,31+,32-/m0/s1. The number of epoxide rings is 1. The summed E-state index contributed by atoms with van der Waals surface area (Å²) in [5.74, 6) is -6.71. The van der Waals surface area contributed by atoms with E-state index in [4.69, 9.17) is 18.9 Å². The summed E-state index contributed by atoms with van der Waals surface area (Å²) in [7, 11) is 0. The molecule has 12 heteroatoms. The van der Waals surface area contributed by atoms with Gasteiger partial charge in [0.25, 0.3) is 0 Å². The van der Waals surface area contributed by atoms with E-state index >= 15 is 0 Å². The third kappa shape index (κ3) is 2.95. The van der Waals surface area contributed by atoms with E-state index in [1.807, 2.05) is 20.8 Å². The molecule has 1 spiro atoms. The van der Waals surface area contributed by atoms with Gasteiger partial charge in [0.1, 0.15) is 18.3 Å². The maximum absolute atomic E-state index is 14.1. The van der Waals surface area contributed by atoms with Gasteiger partial charge in [0.15, 0.2) is 17.1 Å². The van der Waals surface area contributed by atoms with Crippen LogP contribution in [-0.4, -0.2) is 93.0 Å². The normalized spacial score (nSPS) is 62.4. The Morgan fingerprint density at radius 3 is 2.25 bits per heavy atom. The molecule has 5 saturated carbocycles. The van der Waals surface area contributed by atoms with Gasteiger partial charge in [-0.1, -0.05) is 27.7 Å². The third-order valence-corrected chi connectivity index (χ3v) is 14.5. The van der Waals surface area contributed by atoms with Crippen molar-refractivity contribution in [2.24, 2.45) is 57.7 Å². The molecule has 0 aromatic carbocycles. The number of fused-ring (bicyclic) bond motifs is 9. The van der Waals surface area contributed by atoms with Gasteiger partial charge in [0, 0.05) is 48.9 Å². The summed E-state index contributed by atoms with van der Waals surface area (Å²) in [6.07, 6.45) is -3.98. The summed E-state index contributed by atoms with van der Waals surface area (Å²) in [6.45, 7) is 11.6. The number of nitrogens with one attached hydrogen (secondary N) is 1. The van der Waals surface area contributed by atoms with Gasteiger partial charge in [-0.3, -0.25) is 19.7 Å². The van der Waals surface area contributed by atoms with Crippen LogP contribution in [0, 0.1) is 57.7 Å². The van der Waals surface area contributed by atoms with Crippen LogP contribution in [0.4, 0.5) is 0 Å². The molecular formula is C32H43NO11. The van der Waals surface area contributed by atoms with Gasteiger partial charge in [-0.05, 0) is 37.0 Å². The van der Waals surface area contributed by atoms with Gasteiger partial charge in [0.2, 0.25) is 0 Å². The maximum atomic E-state index is 14.1. The van der Waals surface area contributed by atoms with Gasteiger partial charge < -0.3 is 34.3 Å². The first-order chi connectivity index (χ1) is 20.4. The number of aliphatic hydroxyl groups excluding tert-OH is 2. The van der Waals surface area contributed by atoms with Crippen molar-refractivity contribution in [3.8, 4) is 0 Å². The fourth-order valence-electron chi connectivity index (χ4n) is 12.7. The minimum atomic E-state index is -1.98. The Morgan fingerprint density at radius 1 is 0.955 bits per heavy atom. The minimum absolute atomic E-state index is 0.0654. The van der Waals surface area contributed by atoms with Gasteiger partial charge in [-0.25, -0.2) is 4.79 Å². The molecular weight excluding hydrogens is 574 g/mol. The predicted octanol–water partition coefficient (Wildman–Crippen LogP) is 0.0844. The number of ketones is 1. The monoisotopic (exact) mass is 617 g/mol. The smallest absolute Gasteiger partial charge is 0.340 e. The van der Waals surface area contributed by atoms with Crippen LogP contribution < -0.4 is 5.32 Å². The van der Waals surface area contributed by atoms with Crippen LogP contribution in [0.15, 0.2) is 0 Å². The summed E-state index contributed by atoms with van der Waals surface area (Å²) in [6, 6.07) is -0.362. The Kier molecular flexibility index (Phi) is 5.48. The fourth-order valence-corrected chi connectivity index (χ4v) is 12.7. The van der Waals surface area contributed by atoms with Crippen molar-refractivity contribution in [2.45, 2.75) is 115 Å². The number of aliphatic hydroxyl groups is 3. The zero-order valence-corrected chi connectivity index (χ0v) is 26.1.